The molecule has 1 saturated carbocycles. The number of nitrogens with one attached hydrogen (secondary N) is 1. The SMILES string of the molecule is CSc1nc(C)nc(C)c1C(=O)NC1(CO)CCCCC1. The molecule has 0 radical (unpaired) electrons. The van der Waals surface area contributed by atoms with Gasteiger partial charge in [0.15, 0.2) is 0 Å². The Morgan fingerprint density at radius 1 is 1.29 bits per heavy atom. The molecule has 1 aliphatic rings. The molecule has 21 heavy (non-hydrogen) atoms. The Hall–Kier alpha value is -1.14. The van der Waals surface area contributed by atoms with Gasteiger partial charge < -0.3 is 10.4 Å². The van der Waals surface area contributed by atoms with Gasteiger partial charge in [0.05, 0.1) is 23.4 Å². The fraction of sp³-hybridized carbons (Fsp3) is 0.667. The lowest BCUT2D eigenvalue weighted by atomic mass is 9.82. The van der Waals surface area contributed by atoms with E-state index in [1.165, 1.54) is 18.2 Å². The lowest BCUT2D eigenvalue weighted by Gasteiger charge is -2.36. The minimum absolute atomic E-state index is 0.0148. The van der Waals surface area contributed by atoms with Gasteiger partial charge in [0.1, 0.15) is 10.9 Å². The van der Waals surface area contributed by atoms with Crippen molar-refractivity contribution in [2.45, 2.75) is 56.5 Å². The van der Waals surface area contributed by atoms with Crippen LogP contribution in [0.15, 0.2) is 5.03 Å². The van der Waals surface area contributed by atoms with Gasteiger partial charge in [0.2, 0.25) is 0 Å². The van der Waals surface area contributed by atoms with Crippen LogP contribution in [0, 0.1) is 13.8 Å². The number of aryl methyl sites for hydroxylation is 2. The molecule has 1 heterocycles. The minimum atomic E-state index is -0.484. The highest BCUT2D eigenvalue weighted by molar-refractivity contribution is 7.98. The third kappa shape index (κ3) is 3.55. The molecule has 6 heteroatoms. The lowest BCUT2D eigenvalue weighted by Crippen LogP contribution is -2.52. The van der Waals surface area contributed by atoms with Crippen LogP contribution in [-0.4, -0.2) is 39.4 Å². The molecule has 0 atom stereocenters. The third-order valence-electron chi connectivity index (χ3n) is 4.08. The summed E-state index contributed by atoms with van der Waals surface area (Å²) in [6.45, 7) is 3.64. The summed E-state index contributed by atoms with van der Waals surface area (Å²) in [5, 5.41) is 13.5. The first-order valence-electron chi connectivity index (χ1n) is 7.34. The monoisotopic (exact) mass is 309 g/mol. The topological polar surface area (TPSA) is 75.1 Å². The fourth-order valence-corrected chi connectivity index (χ4v) is 3.61. The number of amides is 1. The molecule has 1 aromatic rings. The second kappa shape index (κ2) is 6.75. The van der Waals surface area contributed by atoms with Gasteiger partial charge in [-0.25, -0.2) is 9.97 Å². The Labute approximate surface area is 130 Å². The molecule has 1 aliphatic carbocycles. The molecule has 116 valence electrons. The Morgan fingerprint density at radius 3 is 2.52 bits per heavy atom. The van der Waals surface area contributed by atoms with Crippen molar-refractivity contribution in [2.75, 3.05) is 12.9 Å². The van der Waals surface area contributed by atoms with Crippen molar-refractivity contribution in [3.8, 4) is 0 Å². The Bertz CT molecular complexity index is 528. The van der Waals surface area contributed by atoms with Crippen molar-refractivity contribution in [1.82, 2.24) is 15.3 Å². The Balaban J connectivity index is 2.27. The van der Waals surface area contributed by atoms with E-state index in [0.29, 0.717) is 22.1 Å². The van der Waals surface area contributed by atoms with Gasteiger partial charge in [-0.15, -0.1) is 11.8 Å². The predicted molar refractivity (Wildman–Crippen MR) is 83.7 cm³/mol. The highest BCUT2D eigenvalue weighted by Gasteiger charge is 2.34. The number of aliphatic hydroxyl groups is 1. The molecule has 1 amide bonds. The minimum Gasteiger partial charge on any atom is -0.394 e. The Kier molecular flexibility index (Phi) is 5.22. The molecule has 5 nitrogen and oxygen atoms in total. The van der Waals surface area contributed by atoms with E-state index in [0.717, 1.165) is 25.7 Å². The van der Waals surface area contributed by atoms with Crippen LogP contribution >= 0.6 is 11.8 Å². The van der Waals surface area contributed by atoms with Crippen LogP contribution in [0.5, 0.6) is 0 Å². The largest absolute Gasteiger partial charge is 0.394 e. The Morgan fingerprint density at radius 2 is 1.95 bits per heavy atom. The molecular weight excluding hydrogens is 286 g/mol. The zero-order valence-electron chi connectivity index (χ0n) is 12.9. The van der Waals surface area contributed by atoms with Crippen LogP contribution in [0.1, 0.15) is 54.0 Å². The summed E-state index contributed by atoms with van der Waals surface area (Å²) >= 11 is 1.45. The van der Waals surface area contributed by atoms with Crippen LogP contribution in [-0.2, 0) is 0 Å². The number of hydrogen-bond donors (Lipinski definition) is 2. The molecule has 0 saturated heterocycles. The molecule has 0 aliphatic heterocycles. The molecule has 1 aromatic heterocycles. The zero-order chi connectivity index (χ0) is 15.5. The number of thioether (sulfide) groups is 1. The standard InChI is InChI=1S/C15H23N3O2S/c1-10-12(14(21-3)17-11(2)16-10)13(20)18-15(9-19)7-5-4-6-8-15/h19H,4-9H2,1-3H3,(H,18,20). The number of aromatic nitrogens is 2. The summed E-state index contributed by atoms with van der Waals surface area (Å²) in [7, 11) is 0. The molecule has 0 unspecified atom stereocenters. The van der Waals surface area contributed by atoms with E-state index >= 15 is 0 Å². The lowest BCUT2D eigenvalue weighted by molar-refractivity contribution is 0.0754. The van der Waals surface area contributed by atoms with Gasteiger partial charge >= 0.3 is 0 Å². The normalized spacial score (nSPS) is 17.5. The highest BCUT2D eigenvalue weighted by atomic mass is 32.2. The van der Waals surface area contributed by atoms with E-state index in [1.54, 1.807) is 0 Å². The summed E-state index contributed by atoms with van der Waals surface area (Å²) in [5.74, 6) is 0.496. The van der Waals surface area contributed by atoms with Gasteiger partial charge in [-0.1, -0.05) is 19.3 Å². The van der Waals surface area contributed by atoms with Crippen molar-refractivity contribution < 1.29 is 9.90 Å². The van der Waals surface area contributed by atoms with E-state index in [-0.39, 0.29) is 12.5 Å². The average molecular weight is 309 g/mol. The molecule has 2 rings (SSSR count). The smallest absolute Gasteiger partial charge is 0.256 e. The first-order valence-corrected chi connectivity index (χ1v) is 8.56. The number of carbonyl (C=O) groups excluding carboxylic acids is 1. The third-order valence-corrected chi connectivity index (χ3v) is 4.76. The summed E-state index contributed by atoms with van der Waals surface area (Å²) < 4.78 is 0. The van der Waals surface area contributed by atoms with Gasteiger partial charge in [-0.3, -0.25) is 4.79 Å². The number of rotatable bonds is 4. The van der Waals surface area contributed by atoms with E-state index < -0.39 is 5.54 Å². The summed E-state index contributed by atoms with van der Waals surface area (Å²) in [5.41, 5.74) is 0.738. The van der Waals surface area contributed by atoms with E-state index in [2.05, 4.69) is 15.3 Å². The summed E-state index contributed by atoms with van der Waals surface area (Å²) in [6.07, 6.45) is 6.81. The zero-order valence-corrected chi connectivity index (χ0v) is 13.7. The van der Waals surface area contributed by atoms with Crippen molar-refractivity contribution in [3.63, 3.8) is 0 Å². The van der Waals surface area contributed by atoms with Crippen LogP contribution in [0.25, 0.3) is 0 Å². The van der Waals surface area contributed by atoms with Crippen molar-refractivity contribution in [1.29, 1.82) is 0 Å². The molecular formula is C15H23N3O2S. The molecule has 0 aromatic carbocycles. The van der Waals surface area contributed by atoms with Gasteiger partial charge in [-0.05, 0) is 32.9 Å². The number of nitrogens with zero attached hydrogens (tertiary/aromatic N) is 2. The van der Waals surface area contributed by atoms with Crippen molar-refractivity contribution >= 4 is 17.7 Å². The predicted octanol–water partition coefficient (Wildman–Crippen LogP) is 2.24. The molecule has 1 fully saturated rings. The quantitative estimate of drug-likeness (QED) is 0.659. The molecule has 2 N–H and O–H groups in total. The van der Waals surface area contributed by atoms with Crippen LogP contribution < -0.4 is 5.32 Å². The second-order valence-electron chi connectivity index (χ2n) is 5.69. The van der Waals surface area contributed by atoms with Gasteiger partial charge in [-0.2, -0.15) is 0 Å². The summed E-state index contributed by atoms with van der Waals surface area (Å²) in [6, 6.07) is 0. The first kappa shape index (κ1) is 16.2. The maximum Gasteiger partial charge on any atom is 0.256 e. The van der Waals surface area contributed by atoms with Crippen LogP contribution in [0.3, 0.4) is 0 Å². The highest BCUT2D eigenvalue weighted by Crippen LogP contribution is 2.29. The molecule has 0 bridgehead atoms. The van der Waals surface area contributed by atoms with Crippen LogP contribution in [0.2, 0.25) is 0 Å². The summed E-state index contributed by atoms with van der Waals surface area (Å²) in [4.78, 5) is 21.3. The van der Waals surface area contributed by atoms with E-state index in [9.17, 15) is 9.90 Å². The second-order valence-corrected chi connectivity index (χ2v) is 6.49. The van der Waals surface area contributed by atoms with Crippen molar-refractivity contribution in [2.24, 2.45) is 0 Å². The van der Waals surface area contributed by atoms with Gasteiger partial charge in [0.25, 0.3) is 5.91 Å². The van der Waals surface area contributed by atoms with Gasteiger partial charge in [0, 0.05) is 0 Å². The van der Waals surface area contributed by atoms with E-state index in [4.69, 9.17) is 0 Å². The maximum atomic E-state index is 12.7. The average Bonchev–Trinajstić information content (AvgIpc) is 2.47. The fourth-order valence-electron chi connectivity index (χ4n) is 2.94. The number of aliphatic hydroxyl groups excluding tert-OH is 1. The van der Waals surface area contributed by atoms with E-state index in [1.807, 2.05) is 20.1 Å². The van der Waals surface area contributed by atoms with Crippen molar-refractivity contribution in [3.05, 3.63) is 17.1 Å². The number of hydrogen-bond acceptors (Lipinski definition) is 5. The van der Waals surface area contributed by atoms with Crippen LogP contribution in [0.4, 0.5) is 0 Å². The molecule has 0 spiro atoms. The first-order chi connectivity index (χ1) is 10.0. The number of carbonyl (C=O) groups is 1. The maximum absolute atomic E-state index is 12.7.